The molecule has 1 aliphatic heterocycles. The monoisotopic (exact) mass is 308 g/mol. The number of likely N-dealkylation sites (tertiary alicyclic amines) is 1. The van der Waals surface area contributed by atoms with Crippen LogP contribution in [0.15, 0.2) is 23.1 Å². The Labute approximate surface area is 130 Å². The quantitative estimate of drug-likeness (QED) is 0.866. The number of piperidine rings is 1. The molecular formula is C16H24N2O4. The van der Waals surface area contributed by atoms with Gasteiger partial charge in [-0.15, -0.1) is 0 Å². The van der Waals surface area contributed by atoms with Crippen LogP contribution in [-0.2, 0) is 11.8 Å². The highest BCUT2D eigenvalue weighted by atomic mass is 16.5. The standard InChI is InChI=1S/C16H24N2O4/c1-17-10-13(4-5-14(17)20)15(21)18-8-3-6-16(11-18,12-19)7-9-22-2/h4-5,10,19H,3,6-9,11-12H2,1-2H3/t16-/m0/s1. The van der Waals surface area contributed by atoms with Gasteiger partial charge in [-0.3, -0.25) is 9.59 Å². The zero-order valence-corrected chi connectivity index (χ0v) is 13.2. The van der Waals surface area contributed by atoms with Gasteiger partial charge in [0.05, 0.1) is 12.2 Å². The number of ether oxygens (including phenoxy) is 1. The number of hydrogen-bond donors (Lipinski definition) is 1. The van der Waals surface area contributed by atoms with Gasteiger partial charge < -0.3 is 19.3 Å². The van der Waals surface area contributed by atoms with E-state index in [2.05, 4.69) is 0 Å². The summed E-state index contributed by atoms with van der Waals surface area (Å²) < 4.78 is 6.53. The molecular weight excluding hydrogens is 284 g/mol. The zero-order valence-electron chi connectivity index (χ0n) is 13.2. The van der Waals surface area contributed by atoms with Crippen molar-refractivity contribution in [2.24, 2.45) is 12.5 Å². The van der Waals surface area contributed by atoms with Crippen molar-refractivity contribution in [2.45, 2.75) is 19.3 Å². The van der Waals surface area contributed by atoms with Crippen molar-refractivity contribution in [1.29, 1.82) is 0 Å². The van der Waals surface area contributed by atoms with Gasteiger partial charge in [-0.25, -0.2) is 0 Å². The molecule has 1 N–H and O–H groups in total. The molecule has 0 radical (unpaired) electrons. The van der Waals surface area contributed by atoms with Gasteiger partial charge in [-0.1, -0.05) is 0 Å². The molecule has 0 saturated carbocycles. The van der Waals surface area contributed by atoms with Crippen LogP contribution in [0.25, 0.3) is 0 Å². The van der Waals surface area contributed by atoms with Gasteiger partial charge in [-0.2, -0.15) is 0 Å². The highest BCUT2D eigenvalue weighted by Gasteiger charge is 2.36. The number of rotatable bonds is 5. The summed E-state index contributed by atoms with van der Waals surface area (Å²) in [4.78, 5) is 25.8. The Morgan fingerprint density at radius 2 is 2.23 bits per heavy atom. The van der Waals surface area contributed by atoms with Crippen LogP contribution in [0.4, 0.5) is 0 Å². The Morgan fingerprint density at radius 3 is 2.86 bits per heavy atom. The third-order valence-electron chi connectivity index (χ3n) is 4.45. The van der Waals surface area contributed by atoms with Crippen LogP contribution < -0.4 is 5.56 Å². The number of nitrogens with zero attached hydrogens (tertiary/aromatic N) is 2. The van der Waals surface area contributed by atoms with E-state index in [-0.39, 0.29) is 23.5 Å². The number of carbonyl (C=O) groups excluding carboxylic acids is 1. The minimum absolute atomic E-state index is 0.0490. The number of hydrogen-bond acceptors (Lipinski definition) is 4. The fourth-order valence-electron chi connectivity index (χ4n) is 3.01. The van der Waals surface area contributed by atoms with E-state index in [0.29, 0.717) is 25.3 Å². The van der Waals surface area contributed by atoms with Crippen molar-refractivity contribution in [3.05, 3.63) is 34.2 Å². The predicted molar refractivity (Wildman–Crippen MR) is 82.8 cm³/mol. The lowest BCUT2D eigenvalue weighted by molar-refractivity contribution is 0.00895. The van der Waals surface area contributed by atoms with Crippen LogP contribution in [0.5, 0.6) is 0 Å². The number of amides is 1. The average Bonchev–Trinajstić information content (AvgIpc) is 2.55. The van der Waals surface area contributed by atoms with Gasteiger partial charge in [0.1, 0.15) is 0 Å². The maximum absolute atomic E-state index is 12.6. The summed E-state index contributed by atoms with van der Waals surface area (Å²) in [6, 6.07) is 2.97. The first kappa shape index (κ1) is 16.7. The molecule has 1 fully saturated rings. The Hall–Kier alpha value is -1.66. The van der Waals surface area contributed by atoms with Crippen molar-refractivity contribution in [3.63, 3.8) is 0 Å². The molecule has 6 nitrogen and oxygen atoms in total. The molecule has 1 aliphatic rings. The predicted octanol–water partition coefficient (Wildman–Crippen LogP) is 0.636. The average molecular weight is 308 g/mol. The lowest BCUT2D eigenvalue weighted by atomic mass is 9.78. The molecule has 0 bridgehead atoms. The highest BCUT2D eigenvalue weighted by Crippen LogP contribution is 2.33. The third-order valence-corrected chi connectivity index (χ3v) is 4.45. The van der Waals surface area contributed by atoms with Crippen molar-refractivity contribution >= 4 is 5.91 Å². The van der Waals surface area contributed by atoms with Crippen LogP contribution in [0, 0.1) is 5.41 Å². The second-order valence-corrected chi connectivity index (χ2v) is 6.10. The first-order chi connectivity index (χ1) is 10.5. The number of pyridine rings is 1. The molecule has 0 unspecified atom stereocenters. The van der Waals surface area contributed by atoms with E-state index >= 15 is 0 Å². The normalized spacial score (nSPS) is 21.9. The Bertz CT molecular complexity index is 584. The lowest BCUT2D eigenvalue weighted by Crippen LogP contribution is -2.48. The summed E-state index contributed by atoms with van der Waals surface area (Å²) in [6.07, 6.45) is 4.05. The molecule has 0 aromatic carbocycles. The van der Waals surface area contributed by atoms with Gasteiger partial charge >= 0.3 is 0 Å². The summed E-state index contributed by atoms with van der Waals surface area (Å²) in [5.41, 5.74) is 0.0764. The van der Waals surface area contributed by atoms with E-state index in [9.17, 15) is 14.7 Å². The summed E-state index contributed by atoms with van der Waals surface area (Å²) in [6.45, 7) is 1.82. The number of aryl methyl sites for hydroxylation is 1. The molecule has 1 amide bonds. The SMILES string of the molecule is COCC[C@@]1(CO)CCCN(C(=O)c2ccc(=O)n(C)c2)C1. The number of carbonyl (C=O) groups is 1. The largest absolute Gasteiger partial charge is 0.396 e. The van der Waals surface area contributed by atoms with Gasteiger partial charge in [0.2, 0.25) is 5.56 Å². The molecule has 1 aromatic rings. The van der Waals surface area contributed by atoms with Crippen LogP contribution in [0.3, 0.4) is 0 Å². The van der Waals surface area contributed by atoms with Gasteiger partial charge in [0, 0.05) is 51.5 Å². The number of aliphatic hydroxyl groups excluding tert-OH is 1. The molecule has 0 aliphatic carbocycles. The minimum atomic E-state index is -0.287. The molecule has 122 valence electrons. The molecule has 2 heterocycles. The second kappa shape index (κ2) is 7.07. The lowest BCUT2D eigenvalue weighted by Gasteiger charge is -2.41. The van der Waals surface area contributed by atoms with Gasteiger partial charge in [0.15, 0.2) is 0 Å². The van der Waals surface area contributed by atoms with Crippen molar-refractivity contribution in [1.82, 2.24) is 9.47 Å². The van der Waals surface area contributed by atoms with Crippen LogP contribution in [0.1, 0.15) is 29.6 Å². The summed E-state index contributed by atoms with van der Waals surface area (Å²) in [7, 11) is 3.27. The molecule has 22 heavy (non-hydrogen) atoms. The molecule has 2 rings (SSSR count). The fraction of sp³-hybridized carbons (Fsp3) is 0.625. The van der Waals surface area contributed by atoms with E-state index in [4.69, 9.17) is 4.74 Å². The van der Waals surface area contributed by atoms with Crippen molar-refractivity contribution in [3.8, 4) is 0 Å². The first-order valence-electron chi connectivity index (χ1n) is 7.57. The smallest absolute Gasteiger partial charge is 0.255 e. The van der Waals surface area contributed by atoms with Crippen molar-refractivity contribution in [2.75, 3.05) is 33.4 Å². The van der Waals surface area contributed by atoms with Crippen LogP contribution >= 0.6 is 0 Å². The molecule has 1 aromatic heterocycles. The Kier molecular flexibility index (Phi) is 5.37. The van der Waals surface area contributed by atoms with E-state index in [1.165, 1.54) is 10.6 Å². The number of aliphatic hydroxyl groups is 1. The van der Waals surface area contributed by atoms with Gasteiger partial charge in [0.25, 0.3) is 5.91 Å². The molecule has 0 spiro atoms. The van der Waals surface area contributed by atoms with Gasteiger partial charge in [-0.05, 0) is 25.3 Å². The molecule has 6 heteroatoms. The molecule has 1 atom stereocenters. The van der Waals surface area contributed by atoms with Crippen LogP contribution in [-0.4, -0.2) is 53.9 Å². The fourth-order valence-corrected chi connectivity index (χ4v) is 3.01. The van der Waals surface area contributed by atoms with E-state index in [1.54, 1.807) is 31.3 Å². The highest BCUT2D eigenvalue weighted by molar-refractivity contribution is 5.94. The summed E-state index contributed by atoms with van der Waals surface area (Å²) in [5.74, 6) is -0.0921. The third kappa shape index (κ3) is 3.56. The maximum atomic E-state index is 12.6. The second-order valence-electron chi connectivity index (χ2n) is 6.10. The maximum Gasteiger partial charge on any atom is 0.255 e. The van der Waals surface area contributed by atoms with E-state index in [1.807, 2.05) is 0 Å². The Morgan fingerprint density at radius 1 is 1.45 bits per heavy atom. The van der Waals surface area contributed by atoms with Crippen LogP contribution in [0.2, 0.25) is 0 Å². The topological polar surface area (TPSA) is 71.8 Å². The minimum Gasteiger partial charge on any atom is -0.396 e. The molecule has 1 saturated heterocycles. The summed E-state index contributed by atoms with van der Waals surface area (Å²) in [5, 5.41) is 9.78. The van der Waals surface area contributed by atoms with E-state index in [0.717, 1.165) is 19.3 Å². The first-order valence-corrected chi connectivity index (χ1v) is 7.57. The Balaban J connectivity index is 2.15. The number of methoxy groups -OCH3 is 1. The summed E-state index contributed by atoms with van der Waals surface area (Å²) >= 11 is 0. The zero-order chi connectivity index (χ0) is 16.2. The number of aromatic nitrogens is 1. The van der Waals surface area contributed by atoms with Crippen molar-refractivity contribution < 1.29 is 14.6 Å². The van der Waals surface area contributed by atoms with E-state index < -0.39 is 0 Å².